The van der Waals surface area contributed by atoms with Gasteiger partial charge in [-0.3, -0.25) is 0 Å². The van der Waals surface area contributed by atoms with Crippen molar-refractivity contribution in [2.45, 2.75) is 32.4 Å². The molecule has 1 aromatic carbocycles. The van der Waals surface area contributed by atoms with Crippen molar-refractivity contribution in [2.75, 3.05) is 5.88 Å². The second kappa shape index (κ2) is 7.25. The first-order valence-corrected chi connectivity index (χ1v) is 6.73. The Morgan fingerprint density at radius 3 is 2.81 bits per heavy atom. The number of rotatable bonds is 6. The summed E-state index contributed by atoms with van der Waals surface area (Å²) < 4.78 is 13.5. The molecule has 1 aromatic rings. The van der Waals surface area contributed by atoms with Crippen LogP contribution in [0.2, 0.25) is 0 Å². The van der Waals surface area contributed by atoms with Gasteiger partial charge in [-0.25, -0.2) is 4.39 Å². The normalized spacial score (nSPS) is 12.8. The van der Waals surface area contributed by atoms with Crippen LogP contribution in [0.3, 0.4) is 0 Å². The molecule has 1 unspecified atom stereocenters. The smallest absolute Gasteiger partial charge is 0.137 e. The molecule has 1 nitrogen and oxygen atoms in total. The van der Waals surface area contributed by atoms with E-state index in [0.717, 1.165) is 24.9 Å². The summed E-state index contributed by atoms with van der Waals surface area (Å²) in [4.78, 5) is 0. The Morgan fingerprint density at radius 2 is 2.25 bits per heavy atom. The monoisotopic (exact) mass is 307 g/mol. The molecule has 16 heavy (non-hydrogen) atoms. The van der Waals surface area contributed by atoms with Crippen molar-refractivity contribution in [3.8, 4) is 0 Å². The molecule has 0 saturated heterocycles. The summed E-state index contributed by atoms with van der Waals surface area (Å²) in [5.41, 5.74) is 1.07. The summed E-state index contributed by atoms with van der Waals surface area (Å²) in [6, 6.07) is 5.50. The van der Waals surface area contributed by atoms with Crippen molar-refractivity contribution < 1.29 is 4.39 Å². The third-order valence-electron chi connectivity index (χ3n) is 2.53. The SMILES string of the molecule is CCC(CCCl)NCc1ccc(F)c(Br)c1. The molecule has 0 bridgehead atoms. The molecule has 0 aliphatic rings. The van der Waals surface area contributed by atoms with Crippen molar-refractivity contribution in [3.63, 3.8) is 0 Å². The largest absolute Gasteiger partial charge is 0.310 e. The minimum Gasteiger partial charge on any atom is -0.310 e. The van der Waals surface area contributed by atoms with Gasteiger partial charge in [0.2, 0.25) is 0 Å². The van der Waals surface area contributed by atoms with Crippen molar-refractivity contribution in [1.29, 1.82) is 0 Å². The van der Waals surface area contributed by atoms with Gasteiger partial charge in [0.25, 0.3) is 0 Å². The highest BCUT2D eigenvalue weighted by molar-refractivity contribution is 9.10. The van der Waals surface area contributed by atoms with Gasteiger partial charge in [-0.15, -0.1) is 11.6 Å². The lowest BCUT2D eigenvalue weighted by Crippen LogP contribution is -2.28. The van der Waals surface area contributed by atoms with Gasteiger partial charge in [-0.05, 0) is 46.5 Å². The van der Waals surface area contributed by atoms with Gasteiger partial charge in [0.1, 0.15) is 5.82 Å². The van der Waals surface area contributed by atoms with Crippen molar-refractivity contribution in [1.82, 2.24) is 5.32 Å². The summed E-state index contributed by atoms with van der Waals surface area (Å²) in [5.74, 6) is 0.440. The van der Waals surface area contributed by atoms with Gasteiger partial charge < -0.3 is 5.32 Å². The third kappa shape index (κ3) is 4.40. The predicted molar refractivity (Wildman–Crippen MR) is 70.4 cm³/mol. The number of alkyl halides is 1. The molecule has 0 spiro atoms. The zero-order chi connectivity index (χ0) is 12.0. The van der Waals surface area contributed by atoms with Crippen LogP contribution >= 0.6 is 27.5 Å². The van der Waals surface area contributed by atoms with Crippen LogP contribution in [0.25, 0.3) is 0 Å². The fraction of sp³-hybridized carbons (Fsp3) is 0.500. The van der Waals surface area contributed by atoms with E-state index in [9.17, 15) is 4.39 Å². The Labute approximate surface area is 110 Å². The van der Waals surface area contributed by atoms with Crippen molar-refractivity contribution in [2.24, 2.45) is 0 Å². The molecular formula is C12H16BrClFN. The van der Waals surface area contributed by atoms with Crippen LogP contribution in [0.1, 0.15) is 25.3 Å². The van der Waals surface area contributed by atoms with E-state index in [1.165, 1.54) is 6.07 Å². The van der Waals surface area contributed by atoms with Crippen LogP contribution in [0, 0.1) is 5.82 Å². The molecule has 0 aliphatic heterocycles. The van der Waals surface area contributed by atoms with E-state index < -0.39 is 0 Å². The molecule has 4 heteroatoms. The molecule has 0 amide bonds. The maximum Gasteiger partial charge on any atom is 0.137 e. The fourth-order valence-electron chi connectivity index (χ4n) is 1.49. The number of hydrogen-bond donors (Lipinski definition) is 1. The lowest BCUT2D eigenvalue weighted by Gasteiger charge is -2.15. The number of benzene rings is 1. The molecule has 90 valence electrons. The minimum atomic E-state index is -0.225. The van der Waals surface area contributed by atoms with Crippen LogP contribution in [-0.2, 0) is 6.54 Å². The Balaban J connectivity index is 2.50. The fourth-order valence-corrected chi connectivity index (χ4v) is 2.18. The Hall–Kier alpha value is -0.120. The summed E-state index contributed by atoms with van der Waals surface area (Å²) in [7, 11) is 0. The summed E-state index contributed by atoms with van der Waals surface area (Å²) in [5, 5.41) is 3.41. The molecule has 0 aliphatic carbocycles. The van der Waals surface area contributed by atoms with E-state index in [4.69, 9.17) is 11.6 Å². The van der Waals surface area contributed by atoms with Crippen molar-refractivity contribution >= 4 is 27.5 Å². The van der Waals surface area contributed by atoms with E-state index in [2.05, 4.69) is 28.2 Å². The molecule has 0 heterocycles. The van der Waals surface area contributed by atoms with E-state index >= 15 is 0 Å². The lowest BCUT2D eigenvalue weighted by molar-refractivity contribution is 0.485. The first-order valence-electron chi connectivity index (χ1n) is 5.40. The zero-order valence-corrected chi connectivity index (χ0v) is 11.6. The van der Waals surface area contributed by atoms with Crippen molar-refractivity contribution in [3.05, 3.63) is 34.1 Å². The van der Waals surface area contributed by atoms with Gasteiger partial charge in [-0.1, -0.05) is 13.0 Å². The van der Waals surface area contributed by atoms with E-state index in [0.29, 0.717) is 16.4 Å². The van der Waals surface area contributed by atoms with Gasteiger partial charge in [0, 0.05) is 18.5 Å². The Morgan fingerprint density at radius 1 is 1.50 bits per heavy atom. The standard InChI is InChI=1S/C12H16BrClFN/c1-2-10(5-6-14)16-8-9-3-4-12(15)11(13)7-9/h3-4,7,10,16H,2,5-6,8H2,1H3. The highest BCUT2D eigenvalue weighted by Gasteiger charge is 2.05. The molecule has 0 radical (unpaired) electrons. The van der Waals surface area contributed by atoms with E-state index in [1.807, 2.05) is 0 Å². The molecule has 1 atom stereocenters. The second-order valence-electron chi connectivity index (χ2n) is 3.71. The molecule has 1 N–H and O–H groups in total. The lowest BCUT2D eigenvalue weighted by atomic mass is 10.1. The predicted octanol–water partition coefficient (Wildman–Crippen LogP) is 4.09. The van der Waals surface area contributed by atoms with E-state index in [1.54, 1.807) is 12.1 Å². The van der Waals surface area contributed by atoms with Gasteiger partial charge in [0.15, 0.2) is 0 Å². The highest BCUT2D eigenvalue weighted by Crippen LogP contribution is 2.17. The molecule has 0 aromatic heterocycles. The molecule has 0 fully saturated rings. The Bertz CT molecular complexity index is 333. The quantitative estimate of drug-likeness (QED) is 0.781. The molecule has 0 saturated carbocycles. The van der Waals surface area contributed by atoms with Crippen LogP contribution in [0.4, 0.5) is 4.39 Å². The van der Waals surface area contributed by atoms with Gasteiger partial charge in [0.05, 0.1) is 4.47 Å². The number of hydrogen-bond acceptors (Lipinski definition) is 1. The summed E-state index contributed by atoms with van der Waals surface area (Å²) in [6.45, 7) is 2.87. The van der Waals surface area contributed by atoms with Crippen LogP contribution in [-0.4, -0.2) is 11.9 Å². The van der Waals surface area contributed by atoms with Crippen LogP contribution in [0.15, 0.2) is 22.7 Å². The summed E-state index contributed by atoms with van der Waals surface area (Å²) >= 11 is 8.88. The maximum absolute atomic E-state index is 13.0. The average Bonchev–Trinajstić information content (AvgIpc) is 2.28. The number of halogens is 3. The second-order valence-corrected chi connectivity index (χ2v) is 4.94. The minimum absolute atomic E-state index is 0.225. The zero-order valence-electron chi connectivity index (χ0n) is 9.27. The van der Waals surface area contributed by atoms with E-state index in [-0.39, 0.29) is 5.82 Å². The Kier molecular flexibility index (Phi) is 6.32. The maximum atomic E-state index is 13.0. The average molecular weight is 309 g/mol. The number of nitrogens with one attached hydrogen (secondary N) is 1. The molecular weight excluding hydrogens is 292 g/mol. The van der Waals surface area contributed by atoms with Crippen LogP contribution < -0.4 is 5.32 Å². The highest BCUT2D eigenvalue weighted by atomic mass is 79.9. The molecule has 1 rings (SSSR count). The topological polar surface area (TPSA) is 12.0 Å². The first-order chi connectivity index (χ1) is 7.67. The van der Waals surface area contributed by atoms with Crippen LogP contribution in [0.5, 0.6) is 0 Å². The summed E-state index contributed by atoms with van der Waals surface area (Å²) in [6.07, 6.45) is 2.01. The van der Waals surface area contributed by atoms with Gasteiger partial charge >= 0.3 is 0 Å². The van der Waals surface area contributed by atoms with Gasteiger partial charge in [-0.2, -0.15) is 0 Å². The third-order valence-corrected chi connectivity index (χ3v) is 3.36. The first kappa shape index (κ1) is 13.9.